The molecule has 0 amide bonds. The lowest BCUT2D eigenvalue weighted by Crippen LogP contribution is -2.43. The van der Waals surface area contributed by atoms with Crippen molar-refractivity contribution in [3.8, 4) is 0 Å². The van der Waals surface area contributed by atoms with Gasteiger partial charge in [0, 0.05) is 11.0 Å². The molecule has 0 aliphatic heterocycles. The predicted octanol–water partition coefficient (Wildman–Crippen LogP) is 2.81. The second-order valence-electron chi connectivity index (χ2n) is 4.38. The highest BCUT2D eigenvalue weighted by molar-refractivity contribution is 9.10. The van der Waals surface area contributed by atoms with Crippen molar-refractivity contribution < 1.29 is 4.42 Å². The number of rotatable bonds is 2. The Balaban J connectivity index is 2.34. The van der Waals surface area contributed by atoms with Crippen LogP contribution in [0.3, 0.4) is 0 Å². The summed E-state index contributed by atoms with van der Waals surface area (Å²) < 4.78 is 6.33. The van der Waals surface area contributed by atoms with Gasteiger partial charge < -0.3 is 10.2 Å². The number of halogens is 1. The third-order valence-electron chi connectivity index (χ3n) is 3.22. The van der Waals surface area contributed by atoms with Crippen molar-refractivity contribution in [2.45, 2.75) is 37.6 Å². The Kier molecular flexibility index (Phi) is 1.86. The van der Waals surface area contributed by atoms with E-state index in [4.69, 9.17) is 10.2 Å². The molecule has 3 heteroatoms. The van der Waals surface area contributed by atoms with Gasteiger partial charge in [0.15, 0.2) is 4.67 Å². The summed E-state index contributed by atoms with van der Waals surface area (Å²) >= 11 is 3.30. The molecule has 0 bridgehead atoms. The van der Waals surface area contributed by atoms with Gasteiger partial charge in [-0.15, -0.1) is 0 Å². The SMILES string of the molecule is CC(C)(c1ccc(Br)o1)C1(N)CC1. The summed E-state index contributed by atoms with van der Waals surface area (Å²) in [6.07, 6.45) is 2.19. The fraction of sp³-hybridized carbons (Fsp3) is 0.600. The third-order valence-corrected chi connectivity index (χ3v) is 3.65. The molecule has 0 atom stereocenters. The van der Waals surface area contributed by atoms with Gasteiger partial charge in [0.05, 0.1) is 0 Å². The molecule has 1 aromatic rings. The molecule has 0 saturated heterocycles. The molecule has 72 valence electrons. The molecule has 2 N–H and O–H groups in total. The average Bonchev–Trinajstić information content (AvgIpc) is 2.63. The second kappa shape index (κ2) is 2.61. The van der Waals surface area contributed by atoms with Crippen LogP contribution in [0.15, 0.2) is 21.2 Å². The van der Waals surface area contributed by atoms with Crippen LogP contribution in [0.25, 0.3) is 0 Å². The Morgan fingerprint density at radius 2 is 2.08 bits per heavy atom. The molecule has 1 aromatic heterocycles. The molecule has 1 aliphatic carbocycles. The van der Waals surface area contributed by atoms with E-state index in [0.717, 1.165) is 23.3 Å². The highest BCUT2D eigenvalue weighted by Gasteiger charge is 2.53. The Labute approximate surface area is 86.6 Å². The molecule has 2 rings (SSSR count). The zero-order chi connectivity index (χ0) is 9.69. The van der Waals surface area contributed by atoms with Gasteiger partial charge in [0.1, 0.15) is 5.76 Å². The van der Waals surface area contributed by atoms with E-state index >= 15 is 0 Å². The molecule has 2 nitrogen and oxygen atoms in total. The van der Waals surface area contributed by atoms with Crippen LogP contribution in [0.5, 0.6) is 0 Å². The van der Waals surface area contributed by atoms with Crippen LogP contribution in [0, 0.1) is 0 Å². The van der Waals surface area contributed by atoms with Gasteiger partial charge in [-0.05, 0) is 40.9 Å². The quantitative estimate of drug-likeness (QED) is 0.868. The molecule has 0 aromatic carbocycles. The Morgan fingerprint density at radius 3 is 2.46 bits per heavy atom. The highest BCUT2D eigenvalue weighted by atomic mass is 79.9. The van der Waals surface area contributed by atoms with Crippen LogP contribution in [-0.2, 0) is 5.41 Å². The lowest BCUT2D eigenvalue weighted by atomic mass is 9.80. The van der Waals surface area contributed by atoms with Gasteiger partial charge in [-0.1, -0.05) is 13.8 Å². The van der Waals surface area contributed by atoms with Crippen molar-refractivity contribution in [3.05, 3.63) is 22.6 Å². The van der Waals surface area contributed by atoms with Crippen molar-refractivity contribution >= 4 is 15.9 Å². The van der Waals surface area contributed by atoms with E-state index < -0.39 is 0 Å². The molecular weight excluding hydrogens is 230 g/mol. The number of nitrogens with two attached hydrogens (primary N) is 1. The van der Waals surface area contributed by atoms with Gasteiger partial charge in [-0.2, -0.15) is 0 Å². The van der Waals surface area contributed by atoms with E-state index in [1.54, 1.807) is 0 Å². The van der Waals surface area contributed by atoms with Gasteiger partial charge in [-0.3, -0.25) is 0 Å². The number of hydrogen-bond donors (Lipinski definition) is 1. The smallest absolute Gasteiger partial charge is 0.169 e. The second-order valence-corrected chi connectivity index (χ2v) is 5.17. The van der Waals surface area contributed by atoms with Crippen LogP contribution in [-0.4, -0.2) is 5.54 Å². The van der Waals surface area contributed by atoms with Crippen LogP contribution in [0.4, 0.5) is 0 Å². The van der Waals surface area contributed by atoms with E-state index in [2.05, 4.69) is 29.8 Å². The molecular formula is C10H14BrNO. The summed E-state index contributed by atoms with van der Waals surface area (Å²) in [5, 5.41) is 0. The van der Waals surface area contributed by atoms with E-state index in [9.17, 15) is 0 Å². The molecule has 13 heavy (non-hydrogen) atoms. The molecule has 1 fully saturated rings. The van der Waals surface area contributed by atoms with Crippen molar-refractivity contribution in [3.63, 3.8) is 0 Å². The van der Waals surface area contributed by atoms with E-state index in [1.807, 2.05) is 12.1 Å². The van der Waals surface area contributed by atoms with Crippen LogP contribution >= 0.6 is 15.9 Å². The third kappa shape index (κ3) is 1.34. The van der Waals surface area contributed by atoms with Crippen LogP contribution in [0.1, 0.15) is 32.4 Å². The lowest BCUT2D eigenvalue weighted by Gasteiger charge is -2.29. The monoisotopic (exact) mass is 243 g/mol. The van der Waals surface area contributed by atoms with Gasteiger partial charge in [0.2, 0.25) is 0 Å². The summed E-state index contributed by atoms with van der Waals surface area (Å²) in [5.74, 6) is 0.972. The molecule has 0 radical (unpaired) electrons. The maximum absolute atomic E-state index is 6.19. The summed E-state index contributed by atoms with van der Waals surface area (Å²) in [5.41, 5.74) is 6.08. The molecule has 1 heterocycles. The fourth-order valence-corrected chi connectivity index (χ4v) is 1.96. The minimum atomic E-state index is -0.0565. The van der Waals surface area contributed by atoms with E-state index in [1.165, 1.54) is 0 Å². The Hall–Kier alpha value is -0.280. The van der Waals surface area contributed by atoms with Crippen molar-refractivity contribution in [1.29, 1.82) is 0 Å². The normalized spacial score (nSPS) is 20.3. The topological polar surface area (TPSA) is 39.2 Å². The summed E-state index contributed by atoms with van der Waals surface area (Å²) in [7, 11) is 0. The van der Waals surface area contributed by atoms with Crippen molar-refractivity contribution in [2.24, 2.45) is 5.73 Å². The maximum Gasteiger partial charge on any atom is 0.169 e. The number of hydrogen-bond acceptors (Lipinski definition) is 2. The maximum atomic E-state index is 6.19. The highest BCUT2D eigenvalue weighted by Crippen LogP contribution is 2.49. The van der Waals surface area contributed by atoms with Crippen molar-refractivity contribution in [2.75, 3.05) is 0 Å². The first-order chi connectivity index (χ1) is 5.96. The van der Waals surface area contributed by atoms with Crippen LogP contribution < -0.4 is 5.73 Å². The molecule has 0 spiro atoms. The minimum Gasteiger partial charge on any atom is -0.454 e. The summed E-state index contributed by atoms with van der Waals surface area (Å²) in [4.78, 5) is 0. The summed E-state index contributed by atoms with van der Waals surface area (Å²) in [6.45, 7) is 4.29. The first-order valence-electron chi connectivity index (χ1n) is 4.50. The standard InChI is InChI=1S/C10H14BrNO/c1-9(2,10(12)5-6-10)7-3-4-8(11)13-7/h3-4H,5-6,12H2,1-2H3. The average molecular weight is 244 g/mol. The van der Waals surface area contributed by atoms with Gasteiger partial charge in [-0.25, -0.2) is 0 Å². The molecule has 1 saturated carbocycles. The first-order valence-corrected chi connectivity index (χ1v) is 5.30. The fourth-order valence-electron chi connectivity index (χ4n) is 1.66. The van der Waals surface area contributed by atoms with Crippen molar-refractivity contribution in [1.82, 2.24) is 0 Å². The van der Waals surface area contributed by atoms with Gasteiger partial charge in [0.25, 0.3) is 0 Å². The van der Waals surface area contributed by atoms with E-state index in [0.29, 0.717) is 0 Å². The predicted molar refractivity (Wildman–Crippen MR) is 55.6 cm³/mol. The molecule has 1 aliphatic rings. The summed E-state index contributed by atoms with van der Waals surface area (Å²) in [6, 6.07) is 3.92. The zero-order valence-electron chi connectivity index (χ0n) is 7.93. The van der Waals surface area contributed by atoms with Crippen LogP contribution in [0.2, 0.25) is 0 Å². The Morgan fingerprint density at radius 1 is 1.46 bits per heavy atom. The molecule has 0 unspecified atom stereocenters. The van der Waals surface area contributed by atoms with E-state index in [-0.39, 0.29) is 11.0 Å². The first kappa shape index (κ1) is 9.28. The Bertz CT molecular complexity index is 325. The van der Waals surface area contributed by atoms with Gasteiger partial charge >= 0.3 is 0 Å². The largest absolute Gasteiger partial charge is 0.454 e. The minimum absolute atomic E-state index is 0.0513. The lowest BCUT2D eigenvalue weighted by molar-refractivity contribution is 0.308. The number of furan rings is 1. The zero-order valence-corrected chi connectivity index (χ0v) is 9.52.